The van der Waals surface area contributed by atoms with Gasteiger partial charge in [-0.3, -0.25) is 0 Å². The highest BCUT2D eigenvalue weighted by atomic mass is 16.5. The maximum absolute atomic E-state index is 10.9. The van der Waals surface area contributed by atoms with Gasteiger partial charge in [0.2, 0.25) is 0 Å². The molecule has 0 bridgehead atoms. The molecule has 0 unspecified atom stereocenters. The van der Waals surface area contributed by atoms with Crippen LogP contribution in [0.4, 0.5) is 0 Å². The summed E-state index contributed by atoms with van der Waals surface area (Å²) in [6.07, 6.45) is 6.07. The fourth-order valence-electron chi connectivity index (χ4n) is 0.973. The molecule has 2 rings (SSSR count). The minimum Gasteiger partial charge on any atom is -0.461 e. The molecule has 0 spiro atoms. The standard InChI is InChI=1S/C7H8N2O2.C5H6N2/c1-2-11-7(10)6-3-4-8-5-9-6;1-5-2-3-6-4-7-5/h3-5H,2H2,1H3;2-4H,1H3. The van der Waals surface area contributed by atoms with Gasteiger partial charge >= 0.3 is 5.97 Å². The topological polar surface area (TPSA) is 77.9 Å². The number of rotatable bonds is 2. The average molecular weight is 246 g/mol. The van der Waals surface area contributed by atoms with Crippen LogP contribution in [-0.4, -0.2) is 32.5 Å². The number of aromatic nitrogens is 4. The molecule has 0 aliphatic heterocycles. The van der Waals surface area contributed by atoms with E-state index >= 15 is 0 Å². The predicted molar refractivity (Wildman–Crippen MR) is 64.8 cm³/mol. The Hall–Kier alpha value is -2.37. The number of ether oxygens (including phenoxy) is 1. The Bertz CT molecular complexity index is 462. The van der Waals surface area contributed by atoms with Crippen LogP contribution in [-0.2, 0) is 4.74 Å². The first-order valence-electron chi connectivity index (χ1n) is 5.39. The summed E-state index contributed by atoms with van der Waals surface area (Å²) in [4.78, 5) is 25.9. The molecule has 0 aliphatic rings. The normalized spacial score (nSPS) is 9.00. The van der Waals surface area contributed by atoms with Crippen molar-refractivity contribution in [3.8, 4) is 0 Å². The molecule has 0 aliphatic carbocycles. The minimum absolute atomic E-state index is 0.293. The summed E-state index contributed by atoms with van der Waals surface area (Å²) in [5.41, 5.74) is 1.30. The van der Waals surface area contributed by atoms with Crippen molar-refractivity contribution in [1.29, 1.82) is 0 Å². The van der Waals surface area contributed by atoms with E-state index in [0.717, 1.165) is 5.69 Å². The van der Waals surface area contributed by atoms with E-state index in [-0.39, 0.29) is 0 Å². The number of hydrogen-bond acceptors (Lipinski definition) is 6. The number of carbonyl (C=O) groups is 1. The molecule has 94 valence electrons. The molecule has 0 atom stereocenters. The van der Waals surface area contributed by atoms with Gasteiger partial charge in [-0.2, -0.15) is 0 Å². The molecular weight excluding hydrogens is 232 g/mol. The van der Waals surface area contributed by atoms with Gasteiger partial charge in [0, 0.05) is 18.1 Å². The molecule has 0 saturated carbocycles. The zero-order valence-electron chi connectivity index (χ0n) is 10.3. The quantitative estimate of drug-likeness (QED) is 0.746. The van der Waals surface area contributed by atoms with Crippen LogP contribution in [0, 0.1) is 6.92 Å². The molecule has 0 amide bonds. The van der Waals surface area contributed by atoms with Crippen molar-refractivity contribution in [3.05, 3.63) is 48.6 Å². The SMILES string of the molecule is CCOC(=O)c1ccncn1.Cc1ccncn1. The van der Waals surface area contributed by atoms with E-state index in [1.807, 2.05) is 13.0 Å². The Kier molecular flexibility index (Phi) is 5.96. The summed E-state index contributed by atoms with van der Waals surface area (Å²) in [5, 5.41) is 0. The lowest BCUT2D eigenvalue weighted by molar-refractivity contribution is 0.0519. The second-order valence-electron chi connectivity index (χ2n) is 3.17. The Morgan fingerprint density at radius 2 is 1.83 bits per heavy atom. The maximum atomic E-state index is 10.9. The summed E-state index contributed by atoms with van der Waals surface area (Å²) < 4.78 is 4.70. The van der Waals surface area contributed by atoms with E-state index in [1.165, 1.54) is 24.9 Å². The highest BCUT2D eigenvalue weighted by molar-refractivity contribution is 5.86. The Morgan fingerprint density at radius 1 is 1.17 bits per heavy atom. The molecule has 0 radical (unpaired) electrons. The van der Waals surface area contributed by atoms with Crippen molar-refractivity contribution in [3.63, 3.8) is 0 Å². The summed E-state index contributed by atoms with van der Waals surface area (Å²) in [6.45, 7) is 4.05. The van der Waals surface area contributed by atoms with Gasteiger partial charge in [-0.15, -0.1) is 0 Å². The van der Waals surface area contributed by atoms with Gasteiger partial charge in [0.15, 0.2) is 5.69 Å². The van der Waals surface area contributed by atoms with Crippen molar-refractivity contribution >= 4 is 5.97 Å². The smallest absolute Gasteiger partial charge is 0.357 e. The number of esters is 1. The number of aryl methyl sites for hydroxylation is 1. The summed E-state index contributed by atoms with van der Waals surface area (Å²) in [7, 11) is 0. The Morgan fingerprint density at radius 3 is 2.22 bits per heavy atom. The second kappa shape index (κ2) is 7.83. The van der Waals surface area contributed by atoms with Crippen LogP contribution in [0.2, 0.25) is 0 Å². The molecule has 2 aromatic rings. The molecule has 0 saturated heterocycles. The van der Waals surface area contributed by atoms with Crippen molar-refractivity contribution in [1.82, 2.24) is 19.9 Å². The van der Waals surface area contributed by atoms with Crippen molar-refractivity contribution in [2.45, 2.75) is 13.8 Å². The number of nitrogens with zero attached hydrogens (tertiary/aromatic N) is 4. The highest BCUT2D eigenvalue weighted by Crippen LogP contribution is 1.93. The van der Waals surface area contributed by atoms with Gasteiger partial charge in [0.05, 0.1) is 6.61 Å². The van der Waals surface area contributed by atoms with Gasteiger partial charge in [0.1, 0.15) is 12.7 Å². The first kappa shape index (κ1) is 13.7. The van der Waals surface area contributed by atoms with Crippen LogP contribution in [0.5, 0.6) is 0 Å². The van der Waals surface area contributed by atoms with Gasteiger partial charge in [-0.1, -0.05) is 0 Å². The molecule has 18 heavy (non-hydrogen) atoms. The summed E-state index contributed by atoms with van der Waals surface area (Å²) in [5.74, 6) is -0.407. The fraction of sp³-hybridized carbons (Fsp3) is 0.250. The van der Waals surface area contributed by atoms with E-state index in [9.17, 15) is 4.79 Å². The third kappa shape index (κ3) is 5.11. The van der Waals surface area contributed by atoms with Crippen molar-refractivity contribution < 1.29 is 9.53 Å². The van der Waals surface area contributed by atoms with E-state index in [0.29, 0.717) is 12.3 Å². The predicted octanol–water partition coefficient (Wildman–Crippen LogP) is 1.44. The number of carbonyl (C=O) groups excluding carboxylic acids is 1. The van der Waals surface area contributed by atoms with Crippen LogP contribution < -0.4 is 0 Å². The number of hydrogen-bond donors (Lipinski definition) is 0. The average Bonchev–Trinajstić information content (AvgIpc) is 2.42. The lowest BCUT2D eigenvalue weighted by Crippen LogP contribution is -2.06. The first-order valence-corrected chi connectivity index (χ1v) is 5.39. The van der Waals surface area contributed by atoms with Crippen LogP contribution in [0.25, 0.3) is 0 Å². The lowest BCUT2D eigenvalue weighted by atomic mass is 10.4. The second-order valence-corrected chi connectivity index (χ2v) is 3.17. The van der Waals surface area contributed by atoms with E-state index in [2.05, 4.69) is 19.9 Å². The van der Waals surface area contributed by atoms with Crippen LogP contribution >= 0.6 is 0 Å². The molecule has 0 aromatic carbocycles. The van der Waals surface area contributed by atoms with Crippen LogP contribution in [0.15, 0.2) is 37.2 Å². The first-order chi connectivity index (χ1) is 8.74. The van der Waals surface area contributed by atoms with E-state index < -0.39 is 5.97 Å². The Balaban J connectivity index is 0.000000199. The summed E-state index contributed by atoms with van der Waals surface area (Å²) >= 11 is 0. The largest absolute Gasteiger partial charge is 0.461 e. The molecule has 0 N–H and O–H groups in total. The fourth-order valence-corrected chi connectivity index (χ4v) is 0.973. The molecular formula is C12H14N4O2. The van der Waals surface area contributed by atoms with Crippen LogP contribution in [0.1, 0.15) is 23.1 Å². The highest BCUT2D eigenvalue weighted by Gasteiger charge is 2.05. The molecule has 2 heterocycles. The van der Waals surface area contributed by atoms with Gasteiger partial charge in [-0.25, -0.2) is 24.7 Å². The monoisotopic (exact) mass is 246 g/mol. The zero-order chi connectivity index (χ0) is 13.2. The van der Waals surface area contributed by atoms with Crippen molar-refractivity contribution in [2.75, 3.05) is 6.61 Å². The zero-order valence-corrected chi connectivity index (χ0v) is 10.3. The molecule has 0 fully saturated rings. The van der Waals surface area contributed by atoms with Crippen molar-refractivity contribution in [2.24, 2.45) is 0 Å². The van der Waals surface area contributed by atoms with Gasteiger partial charge in [0.25, 0.3) is 0 Å². The molecule has 2 aromatic heterocycles. The Labute approximate surface area is 105 Å². The molecule has 6 nitrogen and oxygen atoms in total. The van der Waals surface area contributed by atoms with Crippen LogP contribution in [0.3, 0.4) is 0 Å². The van der Waals surface area contributed by atoms with Gasteiger partial charge in [-0.05, 0) is 26.0 Å². The van der Waals surface area contributed by atoms with E-state index in [1.54, 1.807) is 13.1 Å². The lowest BCUT2D eigenvalue weighted by Gasteiger charge is -1.97. The maximum Gasteiger partial charge on any atom is 0.357 e. The molecule has 6 heteroatoms. The minimum atomic E-state index is -0.407. The van der Waals surface area contributed by atoms with Gasteiger partial charge < -0.3 is 4.74 Å². The third-order valence-corrected chi connectivity index (χ3v) is 1.80. The summed E-state index contributed by atoms with van der Waals surface area (Å²) in [6, 6.07) is 3.37. The van der Waals surface area contributed by atoms with E-state index in [4.69, 9.17) is 4.74 Å². The third-order valence-electron chi connectivity index (χ3n) is 1.80.